The molecule has 0 radical (unpaired) electrons. The number of hydrogen-bond donors (Lipinski definition) is 0. The van der Waals surface area contributed by atoms with Crippen LogP contribution in [0, 0.1) is 0 Å². The Morgan fingerprint density at radius 1 is 1.25 bits per heavy atom. The van der Waals surface area contributed by atoms with E-state index in [9.17, 15) is 0 Å². The Hall–Kier alpha value is -1.75. The number of alkyl halides is 1. The Morgan fingerprint density at radius 3 is 2.45 bits per heavy atom. The van der Waals surface area contributed by atoms with E-state index in [2.05, 4.69) is 17.1 Å². The third-order valence-corrected chi connectivity index (χ3v) is 3.32. The molecule has 0 aliphatic rings. The van der Waals surface area contributed by atoms with Gasteiger partial charge in [-0.3, -0.25) is 0 Å². The minimum absolute atomic E-state index is 0.252. The van der Waals surface area contributed by atoms with Crippen LogP contribution in [0.5, 0.6) is 11.5 Å². The minimum atomic E-state index is -0.252. The Morgan fingerprint density at radius 2 is 1.90 bits per heavy atom. The van der Waals surface area contributed by atoms with Crippen molar-refractivity contribution < 1.29 is 14.0 Å². The van der Waals surface area contributed by atoms with E-state index < -0.39 is 0 Å². The van der Waals surface area contributed by atoms with Crippen LogP contribution >= 0.6 is 11.6 Å². The predicted octanol–water partition coefficient (Wildman–Crippen LogP) is 3.83. The average molecular weight is 297 g/mol. The maximum absolute atomic E-state index is 6.21. The van der Waals surface area contributed by atoms with E-state index >= 15 is 0 Å². The molecule has 0 amide bonds. The molecule has 0 saturated heterocycles. The highest BCUT2D eigenvalue weighted by atomic mass is 35.5. The number of hydrogen-bond acceptors (Lipinski definition) is 5. The molecule has 0 aliphatic carbocycles. The third kappa shape index (κ3) is 2.88. The maximum Gasteiger partial charge on any atom is 0.265 e. The van der Waals surface area contributed by atoms with Gasteiger partial charge < -0.3 is 14.0 Å². The average Bonchev–Trinajstić information content (AvgIpc) is 2.96. The third-order valence-electron chi connectivity index (χ3n) is 2.91. The molecule has 0 N–H and O–H groups in total. The summed E-state index contributed by atoms with van der Waals surface area (Å²) >= 11 is 6.21. The molecule has 1 aromatic carbocycles. The lowest BCUT2D eigenvalue weighted by atomic mass is 10.1. The smallest absolute Gasteiger partial charge is 0.265 e. The molecule has 0 saturated carbocycles. The SMILES string of the molecule is CCCC(Cl)c1noc(-c2c(OC)cccc2OC)n1. The lowest BCUT2D eigenvalue weighted by Gasteiger charge is -2.09. The number of methoxy groups -OCH3 is 2. The van der Waals surface area contributed by atoms with Gasteiger partial charge in [0.1, 0.15) is 17.1 Å². The molecule has 1 aromatic heterocycles. The highest BCUT2D eigenvalue weighted by Crippen LogP contribution is 2.38. The number of benzene rings is 1. The number of ether oxygens (including phenoxy) is 2. The second kappa shape index (κ2) is 6.61. The molecule has 0 bridgehead atoms. The highest BCUT2D eigenvalue weighted by molar-refractivity contribution is 6.20. The summed E-state index contributed by atoms with van der Waals surface area (Å²) in [4.78, 5) is 4.35. The van der Waals surface area contributed by atoms with Crippen molar-refractivity contribution in [3.63, 3.8) is 0 Å². The van der Waals surface area contributed by atoms with E-state index in [4.69, 9.17) is 25.6 Å². The van der Waals surface area contributed by atoms with Crippen LogP contribution in [0.2, 0.25) is 0 Å². The van der Waals surface area contributed by atoms with Crippen molar-refractivity contribution in [1.29, 1.82) is 0 Å². The summed E-state index contributed by atoms with van der Waals surface area (Å²) in [5.74, 6) is 2.05. The van der Waals surface area contributed by atoms with E-state index in [1.165, 1.54) is 0 Å². The fraction of sp³-hybridized carbons (Fsp3) is 0.429. The molecule has 0 spiro atoms. The van der Waals surface area contributed by atoms with Crippen LogP contribution in [0.3, 0.4) is 0 Å². The summed E-state index contributed by atoms with van der Waals surface area (Å²) in [6.07, 6.45) is 1.75. The molecule has 2 rings (SSSR count). The molecule has 1 heterocycles. The van der Waals surface area contributed by atoms with Gasteiger partial charge in [0, 0.05) is 0 Å². The molecule has 6 heteroatoms. The van der Waals surface area contributed by atoms with E-state index in [1.54, 1.807) is 14.2 Å². The summed E-state index contributed by atoms with van der Waals surface area (Å²) in [7, 11) is 3.16. The first-order chi connectivity index (χ1) is 9.71. The zero-order valence-corrected chi connectivity index (χ0v) is 12.5. The fourth-order valence-corrected chi connectivity index (χ4v) is 2.22. The molecular formula is C14H17ClN2O3. The first-order valence-corrected chi connectivity index (χ1v) is 6.83. The van der Waals surface area contributed by atoms with Crippen molar-refractivity contribution >= 4 is 11.6 Å². The predicted molar refractivity (Wildman–Crippen MR) is 76.3 cm³/mol. The summed E-state index contributed by atoms with van der Waals surface area (Å²) in [5, 5.41) is 3.68. The Kier molecular flexibility index (Phi) is 4.84. The molecule has 1 atom stereocenters. The fourth-order valence-electron chi connectivity index (χ4n) is 1.91. The molecule has 0 aliphatic heterocycles. The summed E-state index contributed by atoms with van der Waals surface area (Å²) in [5.41, 5.74) is 0.636. The van der Waals surface area contributed by atoms with Gasteiger partial charge in [-0.1, -0.05) is 24.6 Å². The van der Waals surface area contributed by atoms with Crippen molar-refractivity contribution in [2.45, 2.75) is 25.1 Å². The van der Waals surface area contributed by atoms with Crippen molar-refractivity contribution in [2.75, 3.05) is 14.2 Å². The van der Waals surface area contributed by atoms with E-state index in [-0.39, 0.29) is 5.38 Å². The second-order valence-corrected chi connectivity index (χ2v) is 4.78. The normalized spacial score (nSPS) is 12.2. The lowest BCUT2D eigenvalue weighted by molar-refractivity contribution is 0.384. The summed E-state index contributed by atoms with van der Waals surface area (Å²) in [6, 6.07) is 5.46. The van der Waals surface area contributed by atoms with E-state index in [0.717, 1.165) is 12.8 Å². The summed E-state index contributed by atoms with van der Waals surface area (Å²) < 4.78 is 15.9. The van der Waals surface area contributed by atoms with Gasteiger partial charge in [-0.05, 0) is 18.6 Å². The maximum atomic E-state index is 6.21. The Labute approximate surface area is 122 Å². The van der Waals surface area contributed by atoms with Crippen molar-refractivity contribution in [1.82, 2.24) is 10.1 Å². The first-order valence-electron chi connectivity index (χ1n) is 6.40. The van der Waals surface area contributed by atoms with E-state index in [0.29, 0.717) is 28.8 Å². The molecule has 2 aromatic rings. The quantitative estimate of drug-likeness (QED) is 0.758. The molecule has 5 nitrogen and oxygen atoms in total. The van der Waals surface area contributed by atoms with Crippen molar-refractivity contribution in [3.8, 4) is 23.0 Å². The van der Waals surface area contributed by atoms with Gasteiger partial charge in [-0.25, -0.2) is 0 Å². The van der Waals surface area contributed by atoms with Crippen LogP contribution in [-0.2, 0) is 0 Å². The first kappa shape index (κ1) is 14.7. The largest absolute Gasteiger partial charge is 0.496 e. The molecular weight excluding hydrogens is 280 g/mol. The second-order valence-electron chi connectivity index (χ2n) is 4.25. The summed E-state index contributed by atoms with van der Waals surface area (Å²) in [6.45, 7) is 2.06. The van der Waals surface area contributed by atoms with Crippen LogP contribution in [-0.4, -0.2) is 24.4 Å². The number of halogens is 1. The van der Waals surface area contributed by atoms with Gasteiger partial charge in [0.2, 0.25) is 0 Å². The monoisotopic (exact) mass is 296 g/mol. The Bertz CT molecular complexity index is 549. The molecule has 0 fully saturated rings. The number of aromatic nitrogens is 2. The van der Waals surface area contributed by atoms with Crippen molar-refractivity contribution in [2.24, 2.45) is 0 Å². The van der Waals surface area contributed by atoms with E-state index in [1.807, 2.05) is 18.2 Å². The standard InChI is InChI=1S/C14H17ClN2O3/c1-4-6-9(15)13-16-14(20-17-13)12-10(18-2)7-5-8-11(12)19-3/h5,7-9H,4,6H2,1-3H3. The van der Waals surface area contributed by atoms with Crippen LogP contribution in [0.1, 0.15) is 31.0 Å². The van der Waals surface area contributed by atoms with Gasteiger partial charge in [0.15, 0.2) is 5.82 Å². The Balaban J connectivity index is 2.41. The minimum Gasteiger partial charge on any atom is -0.496 e. The zero-order chi connectivity index (χ0) is 14.5. The number of rotatable bonds is 6. The van der Waals surface area contributed by atoms with Crippen molar-refractivity contribution in [3.05, 3.63) is 24.0 Å². The highest BCUT2D eigenvalue weighted by Gasteiger charge is 2.21. The van der Waals surface area contributed by atoms with Gasteiger partial charge in [0.25, 0.3) is 5.89 Å². The van der Waals surface area contributed by atoms with Crippen LogP contribution in [0.4, 0.5) is 0 Å². The van der Waals surface area contributed by atoms with Gasteiger partial charge in [0.05, 0.1) is 19.6 Å². The van der Waals surface area contributed by atoms with Crippen LogP contribution < -0.4 is 9.47 Å². The topological polar surface area (TPSA) is 57.4 Å². The van der Waals surface area contributed by atoms with Gasteiger partial charge in [-0.15, -0.1) is 11.6 Å². The van der Waals surface area contributed by atoms with Crippen LogP contribution in [0.25, 0.3) is 11.5 Å². The van der Waals surface area contributed by atoms with Crippen LogP contribution in [0.15, 0.2) is 22.7 Å². The van der Waals surface area contributed by atoms with Gasteiger partial charge in [-0.2, -0.15) is 4.98 Å². The lowest BCUT2D eigenvalue weighted by Crippen LogP contribution is -1.95. The molecule has 108 valence electrons. The van der Waals surface area contributed by atoms with Gasteiger partial charge >= 0.3 is 0 Å². The zero-order valence-electron chi connectivity index (χ0n) is 11.7. The number of nitrogens with zero attached hydrogens (tertiary/aromatic N) is 2. The molecule has 1 unspecified atom stereocenters. The molecule has 20 heavy (non-hydrogen) atoms.